The fraction of sp³-hybridized carbons (Fsp3) is 0.308. The molecule has 0 nitrogen and oxygen atoms in total. The second kappa shape index (κ2) is 13.1. The van der Waals surface area contributed by atoms with Crippen LogP contribution in [-0.2, 0) is 10.8 Å². The van der Waals surface area contributed by atoms with Crippen LogP contribution in [0.1, 0.15) is 83.0 Å². The van der Waals surface area contributed by atoms with E-state index >= 15 is 0 Å². The molecule has 2 unspecified atom stereocenters. The zero-order valence-corrected chi connectivity index (χ0v) is 32.6. The second-order valence-corrected chi connectivity index (χ2v) is 17.7. The molecule has 0 amide bonds. The van der Waals surface area contributed by atoms with E-state index in [1.165, 1.54) is 111 Å². The predicted octanol–water partition coefficient (Wildman–Crippen LogP) is 11.2. The van der Waals surface area contributed by atoms with Crippen molar-refractivity contribution >= 4 is 23.1 Å². The summed E-state index contributed by atoms with van der Waals surface area (Å²) in [6.45, 7) is 13.8. The van der Waals surface area contributed by atoms with Gasteiger partial charge in [-0.2, -0.15) is 0 Å². The molecule has 0 saturated heterocycles. The molecule has 4 fully saturated rings. The molecule has 4 bridgehead atoms. The highest BCUT2D eigenvalue weighted by molar-refractivity contribution is 6.96. The first-order valence-electron chi connectivity index (χ1n) is 20.1. The molecule has 0 N–H and O–H groups in total. The Morgan fingerprint density at radius 3 is 1.42 bits per heavy atom. The Balaban J connectivity index is 1.05. The van der Waals surface area contributed by atoms with Crippen molar-refractivity contribution in [3.8, 4) is 22.3 Å². The predicted molar refractivity (Wildman–Crippen MR) is 228 cm³/mol. The fourth-order valence-corrected chi connectivity index (χ4v) is 12.3. The van der Waals surface area contributed by atoms with Gasteiger partial charge in [0.05, 0.1) is 0 Å². The van der Waals surface area contributed by atoms with Crippen molar-refractivity contribution in [2.45, 2.75) is 90.9 Å². The molecule has 4 aliphatic rings. The number of hydrogen-bond donors (Lipinski definition) is 0. The van der Waals surface area contributed by atoms with E-state index in [-0.39, 0.29) is 6.71 Å². The molecule has 6 aromatic rings. The number of aryl methyl sites for hydroxylation is 6. The third-order valence-electron chi connectivity index (χ3n) is 13.7. The first-order valence-corrected chi connectivity index (χ1v) is 20.1. The molecule has 53 heavy (non-hydrogen) atoms. The van der Waals surface area contributed by atoms with Crippen LogP contribution in [0.2, 0.25) is 0 Å². The van der Waals surface area contributed by atoms with E-state index in [1.807, 2.05) is 0 Å². The van der Waals surface area contributed by atoms with Crippen molar-refractivity contribution in [1.29, 1.82) is 0 Å². The van der Waals surface area contributed by atoms with Gasteiger partial charge in [-0.3, -0.25) is 0 Å². The van der Waals surface area contributed by atoms with Crippen molar-refractivity contribution in [3.63, 3.8) is 0 Å². The van der Waals surface area contributed by atoms with Gasteiger partial charge in [-0.15, -0.1) is 0 Å². The quantitative estimate of drug-likeness (QED) is 0.147. The summed E-state index contributed by atoms with van der Waals surface area (Å²) < 4.78 is 0. The van der Waals surface area contributed by atoms with Crippen molar-refractivity contribution in [2.75, 3.05) is 0 Å². The Kier molecular flexibility index (Phi) is 8.41. The maximum atomic E-state index is 2.50. The third kappa shape index (κ3) is 6.01. The van der Waals surface area contributed by atoms with Crippen molar-refractivity contribution in [1.82, 2.24) is 0 Å². The second-order valence-electron chi connectivity index (χ2n) is 17.7. The van der Waals surface area contributed by atoms with E-state index in [9.17, 15) is 0 Å². The summed E-state index contributed by atoms with van der Waals surface area (Å²) in [5.41, 5.74) is 21.3. The van der Waals surface area contributed by atoms with Gasteiger partial charge in [-0.1, -0.05) is 171 Å². The number of rotatable bonds is 7. The molecular formula is C52H53B. The van der Waals surface area contributed by atoms with Gasteiger partial charge < -0.3 is 0 Å². The van der Waals surface area contributed by atoms with E-state index in [0.29, 0.717) is 10.8 Å². The topological polar surface area (TPSA) is 0 Å². The first-order chi connectivity index (χ1) is 25.6. The van der Waals surface area contributed by atoms with Crippen LogP contribution < -0.4 is 16.4 Å². The molecule has 10 rings (SSSR count). The lowest BCUT2D eigenvalue weighted by atomic mass is 9.34. The van der Waals surface area contributed by atoms with Crippen molar-refractivity contribution in [2.24, 2.45) is 11.8 Å². The van der Waals surface area contributed by atoms with Gasteiger partial charge in [0, 0.05) is 0 Å². The molecule has 264 valence electrons. The summed E-state index contributed by atoms with van der Waals surface area (Å²) in [5.74, 6) is 1.72. The van der Waals surface area contributed by atoms with E-state index in [0.717, 1.165) is 11.8 Å². The summed E-state index contributed by atoms with van der Waals surface area (Å²) in [7, 11) is 0. The Morgan fingerprint density at radius 1 is 0.434 bits per heavy atom. The summed E-state index contributed by atoms with van der Waals surface area (Å²) in [6.07, 6.45) is 8.26. The van der Waals surface area contributed by atoms with Crippen LogP contribution in [0.3, 0.4) is 0 Å². The van der Waals surface area contributed by atoms with Crippen LogP contribution in [0.15, 0.2) is 127 Å². The molecule has 6 aromatic carbocycles. The van der Waals surface area contributed by atoms with Gasteiger partial charge in [0.2, 0.25) is 6.71 Å². The van der Waals surface area contributed by atoms with E-state index in [2.05, 4.69) is 169 Å². The van der Waals surface area contributed by atoms with Gasteiger partial charge in [0.25, 0.3) is 0 Å². The Hall–Kier alpha value is -4.62. The molecule has 0 heterocycles. The minimum absolute atomic E-state index is 0.164. The van der Waals surface area contributed by atoms with Gasteiger partial charge in [0.1, 0.15) is 0 Å². The van der Waals surface area contributed by atoms with Crippen LogP contribution in [-0.4, -0.2) is 6.71 Å². The third-order valence-corrected chi connectivity index (χ3v) is 13.7. The van der Waals surface area contributed by atoms with E-state index in [4.69, 9.17) is 0 Å². The minimum atomic E-state index is 0.164. The lowest BCUT2D eigenvalue weighted by molar-refractivity contribution is -0.0281. The highest BCUT2D eigenvalue weighted by atomic mass is 14.6. The first kappa shape index (κ1) is 34.2. The van der Waals surface area contributed by atoms with Crippen molar-refractivity contribution in [3.05, 3.63) is 172 Å². The lowest BCUT2D eigenvalue weighted by Gasteiger charge is -2.62. The van der Waals surface area contributed by atoms with Crippen molar-refractivity contribution < 1.29 is 0 Å². The summed E-state index contributed by atoms with van der Waals surface area (Å²) in [5, 5.41) is 0. The smallest absolute Gasteiger partial charge is 0.0680 e. The maximum absolute atomic E-state index is 2.50. The van der Waals surface area contributed by atoms with Crippen LogP contribution >= 0.6 is 0 Å². The highest BCUT2D eigenvalue weighted by Gasteiger charge is 2.58. The zero-order valence-electron chi connectivity index (χ0n) is 32.6. The summed E-state index contributed by atoms with van der Waals surface area (Å²) in [4.78, 5) is 0. The van der Waals surface area contributed by atoms with Crippen LogP contribution in [0.5, 0.6) is 0 Å². The molecule has 4 aliphatic carbocycles. The largest absolute Gasteiger partial charge is 0.242 e. The highest BCUT2D eigenvalue weighted by Crippen LogP contribution is 2.66. The Labute approximate surface area is 318 Å². The Morgan fingerprint density at radius 2 is 0.887 bits per heavy atom. The molecule has 0 aliphatic heterocycles. The van der Waals surface area contributed by atoms with Gasteiger partial charge in [-0.25, -0.2) is 0 Å². The standard InChI is InChI=1S/C52H53B/c1-34-22-36(3)49(37(4)23-34)53(50-38(5)24-35(2)25-39(50)6)48-17-11-14-45(28-48)44-13-10-12-43(27-44)42-18-20-47(21-19-42)52-31-40-26-41(32-52)30-51(29-40,33-52)46-15-8-7-9-16-46/h7-25,27-28,40-41H,26,29-33H2,1-6H3. The van der Waals surface area contributed by atoms with E-state index in [1.54, 1.807) is 11.1 Å². The lowest BCUT2D eigenvalue weighted by Crippen LogP contribution is -2.55. The zero-order chi connectivity index (χ0) is 36.5. The summed E-state index contributed by atoms with van der Waals surface area (Å²) >= 11 is 0. The fourth-order valence-electron chi connectivity index (χ4n) is 12.3. The molecule has 0 spiro atoms. The minimum Gasteiger partial charge on any atom is -0.0680 e. The van der Waals surface area contributed by atoms with Gasteiger partial charge >= 0.3 is 0 Å². The maximum Gasteiger partial charge on any atom is 0.242 e. The van der Waals surface area contributed by atoms with Crippen LogP contribution in [0.4, 0.5) is 0 Å². The molecule has 2 atom stereocenters. The molecular weight excluding hydrogens is 635 g/mol. The number of hydrogen-bond acceptors (Lipinski definition) is 0. The van der Waals surface area contributed by atoms with Crippen LogP contribution in [0, 0.1) is 53.4 Å². The normalized spacial score (nSPS) is 23.0. The summed E-state index contributed by atoms with van der Waals surface area (Å²) in [6, 6.07) is 49.4. The van der Waals surface area contributed by atoms with Crippen LogP contribution in [0.25, 0.3) is 22.3 Å². The monoisotopic (exact) mass is 688 g/mol. The SMILES string of the molecule is Cc1cc(C)c(B(c2cccc(-c3cccc(-c4ccc(C56CC7CC(CC(c8ccccc8)(C7)C5)C6)cc4)c3)c2)c2c(C)cc(C)cc2C)c(C)c1. The number of benzene rings is 6. The average Bonchev–Trinajstić information content (AvgIpc) is 3.13. The Bertz CT molecular complexity index is 2210. The molecule has 4 saturated carbocycles. The molecule has 1 heteroatoms. The molecule has 0 aromatic heterocycles. The average molecular weight is 689 g/mol. The van der Waals surface area contributed by atoms with Gasteiger partial charge in [-0.05, 0) is 142 Å². The molecule has 0 radical (unpaired) electrons. The van der Waals surface area contributed by atoms with Gasteiger partial charge in [0.15, 0.2) is 0 Å². The van der Waals surface area contributed by atoms with E-state index < -0.39 is 0 Å².